The molecule has 0 aromatic heterocycles. The first kappa shape index (κ1) is 45.1. The van der Waals surface area contributed by atoms with Crippen LogP contribution in [-0.4, -0.2) is 104 Å². The number of phenols is 2. The van der Waals surface area contributed by atoms with E-state index in [0.29, 0.717) is 0 Å². The molecule has 310 valence electrons. The third-order valence-electron chi connectivity index (χ3n) is 10.3. The minimum Gasteiger partial charge on any atom is -0.507 e. The quantitative estimate of drug-likeness (QED) is 0.0318. The van der Waals surface area contributed by atoms with E-state index in [1.165, 1.54) is 36.9 Å². The van der Waals surface area contributed by atoms with Crippen molar-refractivity contribution in [1.82, 2.24) is 9.87 Å². The molecule has 2 aliphatic carbocycles. The zero-order valence-electron chi connectivity index (χ0n) is 31.0. The molecule has 1 heterocycles. The molecule has 0 saturated carbocycles. The van der Waals surface area contributed by atoms with Crippen LogP contribution in [0, 0.1) is 0 Å². The molecule has 0 bridgehead atoms. The summed E-state index contributed by atoms with van der Waals surface area (Å²) in [5, 5.41) is 53.7. The molecule has 1 fully saturated rings. The van der Waals surface area contributed by atoms with Crippen molar-refractivity contribution >= 4 is 76.5 Å². The number of halogens is 4. The Balaban J connectivity index is 0.00000620. The van der Waals surface area contributed by atoms with E-state index in [1.807, 2.05) is 0 Å². The summed E-state index contributed by atoms with van der Waals surface area (Å²) in [5.41, 5.74) is 2.91. The number of hydrogen-bond acceptors (Lipinski definition) is 13. The van der Waals surface area contributed by atoms with Gasteiger partial charge in [0.2, 0.25) is 5.78 Å². The molecule has 1 unspecified atom stereocenters. The number of phenolic OH excluding ortho intramolecular Hbond substituents is 2. The number of aliphatic hydroxyl groups excluding tert-OH is 1. The molecule has 3 aromatic rings. The number of aliphatic hydroxyl groups is 2. The van der Waals surface area contributed by atoms with Gasteiger partial charge in [-0.05, 0) is 44.2 Å². The Hall–Kier alpha value is -2.99. The standard InChI is InChI=1S/C37H42BrCl2N4O11P.ClH/c1-18-32(45)24(41)15-27(53-18)54-26-17-37(50,19(2)42-43-56(51,44(13-11-39)14-12-40)55-21-9-7-20(38)8-10-21)16-23-29(26)36(49)31-30(34(23)47)33(46)22-5-4-6-25(52-3)28(22)35(31)48;/h4-10,18,24,26-27,32,45,47,49-50H,11-17,41H2,1-3H3,(H,43,51);1H/b42-19-;/t18-,24-,26-,27-,32+,37-,56?;/m0./s1. The predicted molar refractivity (Wildman–Crippen MR) is 219 cm³/mol. The van der Waals surface area contributed by atoms with Gasteiger partial charge in [0.1, 0.15) is 28.6 Å². The number of ketones is 2. The lowest BCUT2D eigenvalue weighted by molar-refractivity contribution is -0.245. The second-order valence-corrected chi connectivity index (χ2v) is 17.4. The summed E-state index contributed by atoms with van der Waals surface area (Å²) in [5.74, 6) is -2.34. The number of hydrogen-bond donors (Lipinski definition) is 6. The number of ether oxygens (including phenoxy) is 3. The van der Waals surface area contributed by atoms with Crippen LogP contribution < -0.4 is 20.2 Å². The van der Waals surface area contributed by atoms with Crippen LogP contribution in [0.1, 0.15) is 75.8 Å². The van der Waals surface area contributed by atoms with Gasteiger partial charge in [-0.25, -0.2) is 14.4 Å². The van der Waals surface area contributed by atoms with E-state index in [2.05, 4.69) is 26.2 Å². The highest BCUT2D eigenvalue weighted by Gasteiger charge is 2.49. The molecule has 57 heavy (non-hydrogen) atoms. The zero-order valence-corrected chi connectivity index (χ0v) is 35.8. The fraction of sp³-hybridized carbons (Fsp3) is 0.432. The fourth-order valence-corrected chi connectivity index (χ4v) is 9.86. The number of nitrogens with one attached hydrogen (secondary N) is 1. The number of nitrogens with zero attached hydrogens (tertiary/aromatic N) is 2. The second kappa shape index (κ2) is 18.1. The van der Waals surface area contributed by atoms with E-state index in [9.17, 15) is 34.6 Å². The highest BCUT2D eigenvalue weighted by atomic mass is 79.9. The van der Waals surface area contributed by atoms with E-state index in [-0.39, 0.29) is 89.6 Å². The van der Waals surface area contributed by atoms with Gasteiger partial charge in [0, 0.05) is 71.3 Å². The average Bonchev–Trinajstić information content (AvgIpc) is 3.16. The van der Waals surface area contributed by atoms with Crippen LogP contribution in [0.3, 0.4) is 0 Å². The smallest absolute Gasteiger partial charge is 0.435 e. The second-order valence-electron chi connectivity index (χ2n) is 13.8. The topological polar surface area (TPSA) is 223 Å². The lowest BCUT2D eigenvalue weighted by Gasteiger charge is -2.43. The number of carbonyl (C=O) groups excluding carboxylic acids is 2. The SMILES string of the molecule is COc1cccc2c1C(=O)c1c(O)c3c(c(O)c1C2=O)C[C@@](O)(/C(C)=N\NP(=O)(Oc1ccc(Br)cc1)N(CCCl)CCCl)C[C@@H]3O[C@H]1C[C@H](N)[C@H](O)[C@H](C)O1.Cl. The molecule has 0 amide bonds. The van der Waals surface area contributed by atoms with Gasteiger partial charge in [0.15, 0.2) is 12.1 Å². The van der Waals surface area contributed by atoms with Gasteiger partial charge in [-0.2, -0.15) is 5.10 Å². The molecule has 3 aliphatic rings. The predicted octanol–water partition coefficient (Wildman–Crippen LogP) is 5.56. The normalized spacial score (nSPS) is 25.4. The third kappa shape index (κ3) is 8.69. The molecule has 7 N–H and O–H groups in total. The summed E-state index contributed by atoms with van der Waals surface area (Å²) in [4.78, 5) is 28.1. The largest absolute Gasteiger partial charge is 0.507 e. The Kier molecular flexibility index (Phi) is 14.3. The molecule has 15 nitrogen and oxygen atoms in total. The minimum absolute atomic E-state index is 0. The number of rotatable bonds is 13. The van der Waals surface area contributed by atoms with E-state index in [0.717, 1.165) is 4.47 Å². The number of aromatic hydroxyl groups is 2. The lowest BCUT2D eigenvalue weighted by Crippen LogP contribution is -2.52. The van der Waals surface area contributed by atoms with Crippen molar-refractivity contribution in [1.29, 1.82) is 0 Å². The van der Waals surface area contributed by atoms with Gasteiger partial charge < -0.3 is 44.9 Å². The summed E-state index contributed by atoms with van der Waals surface area (Å²) >= 11 is 15.5. The number of benzene rings is 3. The minimum atomic E-state index is -4.12. The Morgan fingerprint density at radius 3 is 2.35 bits per heavy atom. The first-order valence-corrected chi connectivity index (χ1v) is 21.1. The van der Waals surface area contributed by atoms with Crippen LogP contribution >= 0.6 is 59.2 Å². The van der Waals surface area contributed by atoms with Crippen LogP contribution in [0.15, 0.2) is 52.0 Å². The van der Waals surface area contributed by atoms with Crippen molar-refractivity contribution in [3.05, 3.63) is 80.3 Å². The monoisotopic (exact) mass is 934 g/mol. The van der Waals surface area contributed by atoms with Crippen LogP contribution in [0.2, 0.25) is 0 Å². The molecule has 0 radical (unpaired) electrons. The molecule has 1 aliphatic heterocycles. The van der Waals surface area contributed by atoms with Crippen molar-refractivity contribution in [2.24, 2.45) is 10.8 Å². The van der Waals surface area contributed by atoms with Crippen molar-refractivity contribution in [2.45, 2.75) is 69.4 Å². The van der Waals surface area contributed by atoms with Gasteiger partial charge in [0.25, 0.3) is 0 Å². The Bertz CT molecular complexity index is 2080. The maximum atomic E-state index is 14.6. The van der Waals surface area contributed by atoms with Gasteiger partial charge in [-0.15, -0.1) is 35.6 Å². The molecule has 3 aromatic carbocycles. The Morgan fingerprint density at radius 1 is 1.09 bits per heavy atom. The number of fused-ring (bicyclic) bond motifs is 3. The summed E-state index contributed by atoms with van der Waals surface area (Å²) in [6.45, 7) is 3.24. The van der Waals surface area contributed by atoms with E-state index >= 15 is 0 Å². The first-order chi connectivity index (χ1) is 26.6. The number of methoxy groups -OCH3 is 1. The number of carbonyl (C=O) groups is 2. The third-order valence-corrected chi connectivity index (χ3v) is 13.1. The molecule has 6 rings (SSSR count). The maximum absolute atomic E-state index is 14.6. The average molecular weight is 937 g/mol. The fourth-order valence-electron chi connectivity index (χ4n) is 7.26. The summed E-state index contributed by atoms with van der Waals surface area (Å²) in [6.07, 6.45) is -4.92. The Morgan fingerprint density at radius 2 is 1.74 bits per heavy atom. The molecular formula is C37H43BrCl3N4O11P. The Labute approximate surface area is 353 Å². The molecule has 1 saturated heterocycles. The van der Waals surface area contributed by atoms with Gasteiger partial charge >= 0.3 is 7.67 Å². The van der Waals surface area contributed by atoms with Gasteiger partial charge in [0.05, 0.1) is 47.8 Å². The van der Waals surface area contributed by atoms with Crippen molar-refractivity contribution in [3.63, 3.8) is 0 Å². The number of nitrogens with two attached hydrogens (primary N) is 1. The van der Waals surface area contributed by atoms with Crippen LogP contribution in [0.4, 0.5) is 0 Å². The van der Waals surface area contributed by atoms with E-state index in [1.54, 1.807) is 31.2 Å². The zero-order chi connectivity index (χ0) is 40.7. The summed E-state index contributed by atoms with van der Waals surface area (Å²) in [7, 11) is -2.78. The highest BCUT2D eigenvalue weighted by molar-refractivity contribution is 9.10. The van der Waals surface area contributed by atoms with Crippen molar-refractivity contribution in [3.8, 4) is 23.0 Å². The summed E-state index contributed by atoms with van der Waals surface area (Å²) < 4.78 is 40.4. The van der Waals surface area contributed by atoms with E-state index in [4.69, 9.17) is 47.7 Å². The molecular weight excluding hydrogens is 894 g/mol. The maximum Gasteiger partial charge on any atom is 0.435 e. The highest BCUT2D eigenvalue weighted by Crippen LogP contribution is 2.53. The summed E-state index contributed by atoms with van der Waals surface area (Å²) in [6, 6.07) is 10.3. The number of alkyl halides is 2. The molecule has 0 spiro atoms. The first-order valence-electron chi connectivity index (χ1n) is 17.7. The van der Waals surface area contributed by atoms with Crippen molar-refractivity contribution < 1.29 is 53.3 Å². The van der Waals surface area contributed by atoms with E-state index < -0.39 is 84.5 Å². The van der Waals surface area contributed by atoms with Crippen LogP contribution in [0.5, 0.6) is 23.0 Å². The van der Waals surface area contributed by atoms with Crippen molar-refractivity contribution in [2.75, 3.05) is 32.0 Å². The molecule has 7 atom stereocenters. The van der Waals surface area contributed by atoms with Gasteiger partial charge in [-0.3, -0.25) is 9.59 Å². The lowest BCUT2D eigenvalue weighted by atomic mass is 9.72. The molecule has 20 heteroatoms. The van der Waals surface area contributed by atoms with Gasteiger partial charge in [-0.1, -0.05) is 28.1 Å². The number of hydrazone groups is 1. The van der Waals surface area contributed by atoms with Crippen LogP contribution in [0.25, 0.3) is 0 Å². The van der Waals surface area contributed by atoms with Crippen LogP contribution in [-0.2, 0) is 20.5 Å².